The van der Waals surface area contributed by atoms with Gasteiger partial charge in [0.2, 0.25) is 0 Å². The number of rotatable bonds is 9. The minimum Gasteiger partial charge on any atom is -0.510 e. The number of aromatic nitrogens is 6. The maximum atomic E-state index is 9.31. The number of hydrogen-bond acceptors (Lipinski definition) is 3. The Morgan fingerprint density at radius 2 is 1.09 bits per heavy atom. The van der Waals surface area contributed by atoms with E-state index in [0.717, 1.165) is 88.5 Å². The van der Waals surface area contributed by atoms with Gasteiger partial charge in [-0.3, -0.25) is 0 Å². The van der Waals surface area contributed by atoms with Gasteiger partial charge in [0.05, 0.1) is 23.6 Å². The van der Waals surface area contributed by atoms with E-state index in [4.69, 9.17) is 18.9 Å². The molecule has 0 atom stereocenters. The minimum absolute atomic E-state index is 0. The third kappa shape index (κ3) is 9.68. The molecule has 0 aliphatic carbocycles. The van der Waals surface area contributed by atoms with Crippen LogP contribution < -0.4 is 9.42 Å². The minimum atomic E-state index is -0.470. The Hall–Kier alpha value is -8.64. The molecule has 0 N–H and O–H groups in total. The first-order chi connectivity index (χ1) is 40.6. The molecule has 13 rings (SSSR count). The molecule has 7 nitrogen and oxygen atoms in total. The molecule has 0 bridgehead atoms. The van der Waals surface area contributed by atoms with E-state index in [1.165, 1.54) is 0 Å². The number of para-hydroxylation sites is 4. The maximum Gasteiger partial charge on any atom is 0.272 e. The third-order valence-electron chi connectivity index (χ3n) is 15.1. The number of hydrogen-bond donors (Lipinski definition) is 0. The van der Waals surface area contributed by atoms with Crippen molar-refractivity contribution in [3.63, 3.8) is 0 Å². The largest absolute Gasteiger partial charge is 0.510 e. The second-order valence-electron chi connectivity index (χ2n) is 23.7. The van der Waals surface area contributed by atoms with E-state index in [2.05, 4.69) is 199 Å². The standard InChI is InChI=1S/C73H62N6O.Pt/c1-71(2,3)51-38-39-74-67(43-51)79-64-37-21-18-32-61(64)68-65(78-62-35-19-16-30-59(62)60-31-17-20-36-63(60)78)45-56(46-66(68)79)80-55-29-22-28-54(44-55)76-47-77(75-70(76)49-26-14-11-15-27-49)69-57(48-24-12-10-13-25-48)33-23-34-58(69)50-40-52(72(4,5)6)42-53(41-50)73(7,8)9;/h10-43,45H,1-9H3;/q-2;/i10D,12D,13D,24D,25D;. The van der Waals surface area contributed by atoms with E-state index >= 15 is 0 Å². The molecule has 9 aromatic carbocycles. The van der Waals surface area contributed by atoms with Gasteiger partial charge in [0.15, 0.2) is 5.82 Å². The van der Waals surface area contributed by atoms with Crippen LogP contribution in [0.2, 0.25) is 0 Å². The molecule has 8 heteroatoms. The molecule has 402 valence electrons. The molecule has 0 aliphatic heterocycles. The van der Waals surface area contributed by atoms with Crippen LogP contribution in [0.1, 0.15) is 85.9 Å². The fourth-order valence-corrected chi connectivity index (χ4v) is 11.0. The van der Waals surface area contributed by atoms with Crippen molar-refractivity contribution in [3.05, 3.63) is 247 Å². The van der Waals surface area contributed by atoms with Crippen LogP contribution in [0.25, 0.3) is 100 Å². The van der Waals surface area contributed by atoms with Gasteiger partial charge in [0, 0.05) is 60.6 Å². The zero-order chi connectivity index (χ0) is 59.4. The van der Waals surface area contributed by atoms with Gasteiger partial charge >= 0.3 is 0 Å². The zero-order valence-corrected chi connectivity index (χ0v) is 49.0. The van der Waals surface area contributed by atoms with Crippen molar-refractivity contribution >= 4 is 43.6 Å². The molecule has 0 aliphatic rings. The quantitative estimate of drug-likeness (QED) is 0.107. The van der Waals surface area contributed by atoms with Gasteiger partial charge < -0.3 is 18.4 Å². The molecule has 0 saturated heterocycles. The molecule has 0 amide bonds. The van der Waals surface area contributed by atoms with Crippen LogP contribution >= 0.6 is 0 Å². The van der Waals surface area contributed by atoms with Crippen LogP contribution in [-0.4, -0.2) is 23.8 Å². The molecule has 4 aromatic heterocycles. The van der Waals surface area contributed by atoms with Crippen LogP contribution in [0.15, 0.2) is 212 Å². The van der Waals surface area contributed by atoms with Crippen molar-refractivity contribution in [1.82, 2.24) is 23.8 Å². The van der Waals surface area contributed by atoms with E-state index in [-0.39, 0.29) is 55.0 Å². The van der Waals surface area contributed by atoms with Crippen molar-refractivity contribution in [1.29, 1.82) is 0 Å². The smallest absolute Gasteiger partial charge is 0.272 e. The summed E-state index contributed by atoms with van der Waals surface area (Å²) in [6.07, 6.45) is 5.48. The Labute approximate surface area is 496 Å². The summed E-state index contributed by atoms with van der Waals surface area (Å²) in [5, 5.41) is 9.66. The Morgan fingerprint density at radius 1 is 0.506 bits per heavy atom. The van der Waals surface area contributed by atoms with E-state index in [9.17, 15) is 2.74 Å². The summed E-state index contributed by atoms with van der Waals surface area (Å²) >= 11 is 0. The first-order valence-corrected chi connectivity index (χ1v) is 27.2. The van der Waals surface area contributed by atoms with Crippen molar-refractivity contribution in [2.45, 2.75) is 78.6 Å². The Bertz CT molecular complexity index is 4720. The van der Waals surface area contributed by atoms with E-state index < -0.39 is 18.1 Å². The summed E-state index contributed by atoms with van der Waals surface area (Å²) in [4.78, 5) is 5.03. The van der Waals surface area contributed by atoms with Crippen molar-refractivity contribution < 1.29 is 37.3 Å². The topological polar surface area (TPSA) is 53.7 Å². The molecular weight excluding hydrogens is 1170 g/mol. The number of fused-ring (bicyclic) bond motifs is 6. The van der Waals surface area contributed by atoms with Gasteiger partial charge in [-0.05, 0) is 96.6 Å². The molecule has 0 radical (unpaired) electrons. The number of pyridine rings is 1. The van der Waals surface area contributed by atoms with Crippen LogP contribution in [0.4, 0.5) is 0 Å². The summed E-state index contributed by atoms with van der Waals surface area (Å²) in [5.41, 5.74) is 11.4. The van der Waals surface area contributed by atoms with Gasteiger partial charge in [-0.25, -0.2) is 4.98 Å². The summed E-state index contributed by atoms with van der Waals surface area (Å²) in [6, 6.07) is 65.0. The first kappa shape index (κ1) is 47.2. The van der Waals surface area contributed by atoms with E-state index in [0.29, 0.717) is 34.3 Å². The third-order valence-corrected chi connectivity index (χ3v) is 15.1. The predicted molar refractivity (Wildman–Crippen MR) is 327 cm³/mol. The molecule has 4 heterocycles. The van der Waals surface area contributed by atoms with Crippen LogP contribution in [0, 0.1) is 18.5 Å². The second-order valence-corrected chi connectivity index (χ2v) is 23.7. The summed E-state index contributed by atoms with van der Waals surface area (Å²) in [5.74, 6) is 2.12. The average molecular weight is 1240 g/mol. The molecule has 0 saturated carbocycles. The molecule has 81 heavy (non-hydrogen) atoms. The number of benzene rings is 9. The van der Waals surface area contributed by atoms with Crippen molar-refractivity contribution in [3.8, 4) is 68.0 Å². The van der Waals surface area contributed by atoms with Crippen molar-refractivity contribution in [2.24, 2.45) is 0 Å². The Balaban J connectivity index is 0.00000724. The fraction of sp³-hybridized carbons (Fsp3) is 0.164. The fourth-order valence-electron chi connectivity index (χ4n) is 11.0. The Kier molecular flexibility index (Phi) is 11.9. The van der Waals surface area contributed by atoms with Gasteiger partial charge in [-0.1, -0.05) is 230 Å². The maximum absolute atomic E-state index is 9.31. The average Bonchev–Trinajstić information content (AvgIpc) is 1.56. The second kappa shape index (κ2) is 20.5. The van der Waals surface area contributed by atoms with Crippen LogP contribution in [0.5, 0.6) is 11.5 Å². The number of ether oxygens (including phenoxy) is 1. The van der Waals surface area contributed by atoms with Crippen molar-refractivity contribution in [2.75, 3.05) is 0 Å². The SMILES string of the molecule is [2H]c1c([2H])c([2H])c(-c2cccc(-c3cc(C(C)(C)C)cc(C(C)(C)C)c3)c2-[n+]2[c-]n(-c3[c-]c(Oc4[c-]c5c(c(-n6c7ccccc7c7ccccc76)c4)c4ccccc4n5-c4cc(C(C)(C)C)ccn4)ccc3)c(-c3ccccc3)n2)c([2H])c1[2H].[Pt]. The summed E-state index contributed by atoms with van der Waals surface area (Å²) < 4.78 is 59.9. The molecule has 13 aromatic rings. The molecule has 0 spiro atoms. The van der Waals surface area contributed by atoms with E-state index in [1.807, 2.05) is 71.4 Å². The van der Waals surface area contributed by atoms with Crippen LogP contribution in [0.3, 0.4) is 0 Å². The Morgan fingerprint density at radius 3 is 1.73 bits per heavy atom. The zero-order valence-electron chi connectivity index (χ0n) is 51.7. The molecule has 0 fully saturated rings. The predicted octanol–water partition coefficient (Wildman–Crippen LogP) is 17.8. The monoisotopic (exact) mass is 1240 g/mol. The van der Waals surface area contributed by atoms with Gasteiger partial charge in [0.25, 0.3) is 6.33 Å². The van der Waals surface area contributed by atoms with Gasteiger partial charge in [-0.15, -0.1) is 29.4 Å². The van der Waals surface area contributed by atoms with Gasteiger partial charge in [0.1, 0.15) is 5.82 Å². The summed E-state index contributed by atoms with van der Waals surface area (Å²) in [7, 11) is 0. The first-order valence-electron chi connectivity index (χ1n) is 29.7. The van der Waals surface area contributed by atoms with E-state index in [1.54, 1.807) is 10.7 Å². The normalized spacial score (nSPS) is 13.0. The summed E-state index contributed by atoms with van der Waals surface area (Å²) in [6.45, 7) is 19.8. The van der Waals surface area contributed by atoms with Crippen LogP contribution in [-0.2, 0) is 37.3 Å². The molecule has 0 unspecified atom stereocenters. The van der Waals surface area contributed by atoms with Gasteiger partial charge in [-0.2, -0.15) is 16.8 Å². The molecular formula is C73H62N6OPt-2. The number of nitrogens with zero attached hydrogens (tertiary/aromatic N) is 6.